The average molecular weight is 514 g/mol. The number of likely N-dealkylation sites (tertiary alicyclic amines) is 1. The van der Waals surface area contributed by atoms with E-state index in [9.17, 15) is 9.90 Å². The second-order valence-corrected chi connectivity index (χ2v) is 9.33. The van der Waals surface area contributed by atoms with Crippen molar-refractivity contribution in [1.82, 2.24) is 14.5 Å². The van der Waals surface area contributed by atoms with Gasteiger partial charge >= 0.3 is 0 Å². The molecule has 2 aromatic heterocycles. The molecule has 1 aliphatic rings. The quantitative estimate of drug-likeness (QED) is 0.299. The van der Waals surface area contributed by atoms with E-state index >= 15 is 0 Å². The normalized spacial score (nSPS) is 16.2. The number of carbonyl (C=O) groups is 1. The van der Waals surface area contributed by atoms with Crippen LogP contribution in [0.15, 0.2) is 77.2 Å². The van der Waals surface area contributed by atoms with E-state index in [4.69, 9.17) is 9.47 Å². The van der Waals surface area contributed by atoms with Crippen molar-refractivity contribution in [3.05, 3.63) is 78.1 Å². The summed E-state index contributed by atoms with van der Waals surface area (Å²) in [7, 11) is 3.11. The molecule has 0 bridgehead atoms. The van der Waals surface area contributed by atoms with Gasteiger partial charge in [-0.15, -0.1) is 10.2 Å². The number of hydrogen-bond donors (Lipinski definition) is 1. The monoisotopic (exact) mass is 513 g/mol. The number of carbonyl (C=O) groups excluding carboxylic acids is 1. The average Bonchev–Trinajstić information content (AvgIpc) is 3.22. The van der Waals surface area contributed by atoms with Crippen molar-refractivity contribution < 1.29 is 19.4 Å². The van der Waals surface area contributed by atoms with Crippen LogP contribution in [0, 0.1) is 0 Å². The molecule has 0 aliphatic carbocycles. The number of methoxy groups -OCH3 is 2. The van der Waals surface area contributed by atoms with Crippen LogP contribution in [0.25, 0.3) is 10.9 Å². The van der Waals surface area contributed by atoms with Gasteiger partial charge in [0.15, 0.2) is 17.2 Å². The first-order valence-electron chi connectivity index (χ1n) is 12.7. The summed E-state index contributed by atoms with van der Waals surface area (Å²) in [5, 5.41) is 20.2. The third-order valence-corrected chi connectivity index (χ3v) is 6.99. The van der Waals surface area contributed by atoms with Crippen molar-refractivity contribution in [2.45, 2.75) is 38.4 Å². The minimum Gasteiger partial charge on any atom is -0.493 e. The van der Waals surface area contributed by atoms with E-state index in [1.807, 2.05) is 41.1 Å². The Morgan fingerprint density at radius 1 is 1.08 bits per heavy atom. The van der Waals surface area contributed by atoms with E-state index in [2.05, 4.69) is 26.2 Å². The Labute approximate surface area is 221 Å². The molecule has 38 heavy (non-hydrogen) atoms. The smallest absolute Gasteiger partial charge is 0.269 e. The first-order valence-corrected chi connectivity index (χ1v) is 12.7. The Bertz CT molecular complexity index is 1450. The highest BCUT2D eigenvalue weighted by atomic mass is 16.5. The molecule has 1 fully saturated rings. The van der Waals surface area contributed by atoms with Crippen LogP contribution in [-0.2, 0) is 17.9 Å². The molecule has 1 N–H and O–H groups in total. The second kappa shape index (κ2) is 11.4. The molecule has 1 aliphatic heterocycles. The highest BCUT2D eigenvalue weighted by Crippen LogP contribution is 2.40. The molecule has 3 heterocycles. The SMILES string of the molecule is COc1ccc(CC(=O)N=Nc2c(O)n(CN3CCCCC3c3cccnc3)c3ccccc23)cc1OC. The minimum atomic E-state index is -0.430. The molecule has 1 saturated heterocycles. The number of rotatable bonds is 8. The zero-order valence-corrected chi connectivity index (χ0v) is 21.6. The molecule has 9 nitrogen and oxygen atoms in total. The summed E-state index contributed by atoms with van der Waals surface area (Å²) in [5.41, 5.74) is 3.02. The molecule has 2 aromatic carbocycles. The number of aromatic nitrogens is 2. The number of nitrogens with zero attached hydrogens (tertiary/aromatic N) is 5. The fourth-order valence-corrected chi connectivity index (χ4v) is 5.11. The minimum absolute atomic E-state index is 0.00984. The molecule has 0 radical (unpaired) electrons. The highest BCUT2D eigenvalue weighted by Gasteiger charge is 2.26. The number of pyridine rings is 1. The van der Waals surface area contributed by atoms with Gasteiger partial charge in [0.2, 0.25) is 5.88 Å². The highest BCUT2D eigenvalue weighted by molar-refractivity contribution is 5.95. The van der Waals surface area contributed by atoms with Crippen LogP contribution in [0.2, 0.25) is 0 Å². The van der Waals surface area contributed by atoms with Gasteiger partial charge in [-0.2, -0.15) is 0 Å². The summed E-state index contributed by atoms with van der Waals surface area (Å²) in [6.45, 7) is 1.40. The molecule has 1 unspecified atom stereocenters. The molecule has 0 spiro atoms. The molecule has 5 rings (SSSR count). The van der Waals surface area contributed by atoms with Crippen molar-refractivity contribution in [3.63, 3.8) is 0 Å². The first kappa shape index (κ1) is 25.4. The Morgan fingerprint density at radius 3 is 2.71 bits per heavy atom. The Balaban J connectivity index is 1.40. The van der Waals surface area contributed by atoms with Gasteiger partial charge in [-0.05, 0) is 48.2 Å². The van der Waals surface area contributed by atoms with E-state index in [1.165, 1.54) is 5.56 Å². The summed E-state index contributed by atoms with van der Waals surface area (Å²) in [6, 6.07) is 17.2. The largest absolute Gasteiger partial charge is 0.493 e. The van der Waals surface area contributed by atoms with Crippen molar-refractivity contribution >= 4 is 22.5 Å². The molecule has 9 heteroatoms. The summed E-state index contributed by atoms with van der Waals surface area (Å²) in [4.78, 5) is 19.3. The lowest BCUT2D eigenvalue weighted by Gasteiger charge is -2.36. The lowest BCUT2D eigenvalue weighted by atomic mass is 9.97. The predicted octanol–water partition coefficient (Wildman–Crippen LogP) is 5.80. The molecule has 196 valence electrons. The van der Waals surface area contributed by atoms with Gasteiger partial charge in [-0.3, -0.25) is 19.2 Å². The Morgan fingerprint density at radius 2 is 1.92 bits per heavy atom. The number of fused-ring (bicyclic) bond motifs is 1. The van der Waals surface area contributed by atoms with Crippen LogP contribution in [0.3, 0.4) is 0 Å². The lowest BCUT2D eigenvalue weighted by Crippen LogP contribution is -2.34. The summed E-state index contributed by atoms with van der Waals surface area (Å²) in [5.74, 6) is 0.686. The molecule has 0 saturated carbocycles. The number of hydrogen-bond acceptors (Lipinski definition) is 7. The standard InChI is InChI=1S/C29H31N5O4/c1-37-25-13-12-20(16-26(25)38-2)17-27(35)31-32-28-22-9-3-4-11-24(22)34(29(28)36)19-33-15-6-5-10-23(33)21-8-7-14-30-18-21/h3-4,7-9,11-14,16,18,23,36H,5-6,10,15,17,19H2,1-2H3. The van der Waals surface area contributed by atoms with Crippen molar-refractivity contribution in [1.29, 1.82) is 0 Å². The third-order valence-electron chi connectivity index (χ3n) is 6.99. The van der Waals surface area contributed by atoms with E-state index in [1.54, 1.807) is 38.6 Å². The van der Waals surface area contributed by atoms with E-state index < -0.39 is 5.91 Å². The number of benzene rings is 2. The van der Waals surface area contributed by atoms with Gasteiger partial charge in [0.25, 0.3) is 5.91 Å². The molecule has 1 amide bonds. The number of para-hydroxylation sites is 1. The molecule has 4 aromatic rings. The third kappa shape index (κ3) is 5.24. The number of piperidine rings is 1. The number of azo groups is 1. The van der Waals surface area contributed by atoms with Crippen LogP contribution in [0.4, 0.5) is 5.69 Å². The van der Waals surface area contributed by atoms with Crippen molar-refractivity contribution in [2.75, 3.05) is 20.8 Å². The number of amides is 1. The maximum Gasteiger partial charge on any atom is 0.269 e. The van der Waals surface area contributed by atoms with Gasteiger partial charge in [-0.1, -0.05) is 36.8 Å². The fourth-order valence-electron chi connectivity index (χ4n) is 5.11. The number of aromatic hydroxyl groups is 1. The van der Waals surface area contributed by atoms with Crippen LogP contribution in [0.5, 0.6) is 17.4 Å². The summed E-state index contributed by atoms with van der Waals surface area (Å²) < 4.78 is 12.4. The maximum absolute atomic E-state index is 12.7. The van der Waals surface area contributed by atoms with E-state index in [-0.39, 0.29) is 24.0 Å². The number of ether oxygens (including phenoxy) is 2. The topological polar surface area (TPSA) is 102 Å². The van der Waals surface area contributed by atoms with Crippen molar-refractivity contribution in [2.24, 2.45) is 10.2 Å². The van der Waals surface area contributed by atoms with Crippen LogP contribution in [0.1, 0.15) is 36.4 Å². The van der Waals surface area contributed by atoms with Gasteiger partial charge in [0.05, 0.1) is 32.8 Å². The van der Waals surface area contributed by atoms with Crippen LogP contribution < -0.4 is 9.47 Å². The van der Waals surface area contributed by atoms with Gasteiger partial charge in [-0.25, -0.2) is 0 Å². The summed E-state index contributed by atoms with van der Waals surface area (Å²) >= 11 is 0. The van der Waals surface area contributed by atoms with Crippen molar-refractivity contribution in [3.8, 4) is 17.4 Å². The molecule has 1 atom stereocenters. The zero-order chi connectivity index (χ0) is 26.5. The Kier molecular flexibility index (Phi) is 7.65. The molecular formula is C29H31N5O4. The van der Waals surface area contributed by atoms with Gasteiger partial charge in [0.1, 0.15) is 0 Å². The molecular weight excluding hydrogens is 482 g/mol. The van der Waals surface area contributed by atoms with Crippen LogP contribution in [-0.4, -0.2) is 46.2 Å². The zero-order valence-electron chi connectivity index (χ0n) is 21.6. The van der Waals surface area contributed by atoms with Crippen LogP contribution >= 0.6 is 0 Å². The predicted molar refractivity (Wildman–Crippen MR) is 144 cm³/mol. The lowest BCUT2D eigenvalue weighted by molar-refractivity contribution is -0.117. The van der Waals surface area contributed by atoms with Gasteiger partial charge in [0, 0.05) is 30.4 Å². The van der Waals surface area contributed by atoms with E-state index in [0.29, 0.717) is 18.2 Å². The summed E-state index contributed by atoms with van der Waals surface area (Å²) in [6.07, 6.45) is 7.02. The fraction of sp³-hybridized carbons (Fsp3) is 0.310. The van der Waals surface area contributed by atoms with E-state index in [0.717, 1.165) is 42.3 Å². The van der Waals surface area contributed by atoms with Gasteiger partial charge < -0.3 is 14.6 Å². The Hall–Kier alpha value is -4.24. The first-order chi connectivity index (χ1) is 18.6. The maximum atomic E-state index is 12.7. The second-order valence-electron chi connectivity index (χ2n) is 9.33.